The van der Waals surface area contributed by atoms with Crippen molar-refractivity contribution in [2.24, 2.45) is 0 Å². The highest BCUT2D eigenvalue weighted by Gasteiger charge is 2.20. The number of aliphatic hydroxyl groups is 1. The standard InChI is InChI=1S/C16H16Cl2O4S/c17-14-6-2-1-5-12(14)10-23(20,21)11-13(19)9-22-16-8-4-3-7-15(16)18/h1-8,13,19H,9-11H2/t13-/m1/s1. The van der Waals surface area contributed by atoms with E-state index in [2.05, 4.69) is 0 Å². The van der Waals surface area contributed by atoms with Crippen molar-refractivity contribution < 1.29 is 18.3 Å². The highest BCUT2D eigenvalue weighted by atomic mass is 35.5. The molecule has 2 rings (SSSR count). The fourth-order valence-corrected chi connectivity index (χ4v) is 4.00. The maximum Gasteiger partial charge on any atom is 0.157 e. The summed E-state index contributed by atoms with van der Waals surface area (Å²) in [5.41, 5.74) is 0.508. The maximum atomic E-state index is 12.1. The molecule has 23 heavy (non-hydrogen) atoms. The summed E-state index contributed by atoms with van der Waals surface area (Å²) in [5, 5.41) is 10.7. The molecule has 0 aliphatic heterocycles. The number of hydrogen-bond donors (Lipinski definition) is 1. The van der Waals surface area contributed by atoms with Crippen LogP contribution in [0, 0.1) is 0 Å². The van der Waals surface area contributed by atoms with Crippen molar-refractivity contribution in [2.45, 2.75) is 11.9 Å². The first-order valence-electron chi connectivity index (χ1n) is 6.86. The van der Waals surface area contributed by atoms with Gasteiger partial charge in [0, 0.05) is 5.02 Å². The van der Waals surface area contributed by atoms with Crippen molar-refractivity contribution in [1.29, 1.82) is 0 Å². The van der Waals surface area contributed by atoms with Gasteiger partial charge in [0.05, 0.1) is 16.5 Å². The van der Waals surface area contributed by atoms with Gasteiger partial charge in [-0.05, 0) is 23.8 Å². The van der Waals surface area contributed by atoms with Crippen molar-refractivity contribution in [2.75, 3.05) is 12.4 Å². The fourth-order valence-electron chi connectivity index (χ4n) is 2.00. The van der Waals surface area contributed by atoms with Crippen LogP contribution in [0.25, 0.3) is 0 Å². The van der Waals surface area contributed by atoms with Crippen LogP contribution in [0.3, 0.4) is 0 Å². The van der Waals surface area contributed by atoms with Crippen LogP contribution in [-0.2, 0) is 15.6 Å². The lowest BCUT2D eigenvalue weighted by molar-refractivity contribution is 0.125. The maximum absolute atomic E-state index is 12.1. The molecule has 0 fully saturated rings. The van der Waals surface area contributed by atoms with Crippen LogP contribution in [0.2, 0.25) is 10.0 Å². The lowest BCUT2D eigenvalue weighted by atomic mass is 10.2. The fraction of sp³-hybridized carbons (Fsp3) is 0.250. The van der Waals surface area contributed by atoms with Crippen LogP contribution >= 0.6 is 23.2 Å². The lowest BCUT2D eigenvalue weighted by Crippen LogP contribution is -2.28. The molecule has 0 saturated heterocycles. The number of para-hydroxylation sites is 1. The van der Waals surface area contributed by atoms with Gasteiger partial charge in [0.15, 0.2) is 9.84 Å². The van der Waals surface area contributed by atoms with E-state index in [0.29, 0.717) is 21.4 Å². The van der Waals surface area contributed by atoms with E-state index in [9.17, 15) is 13.5 Å². The lowest BCUT2D eigenvalue weighted by Gasteiger charge is -2.14. The SMILES string of the molecule is O=S(=O)(Cc1ccccc1Cl)C[C@H](O)COc1ccccc1Cl. The van der Waals surface area contributed by atoms with E-state index in [1.807, 2.05) is 0 Å². The zero-order valence-corrected chi connectivity index (χ0v) is 14.5. The smallest absolute Gasteiger partial charge is 0.157 e. The molecule has 0 aromatic heterocycles. The molecule has 7 heteroatoms. The second-order valence-corrected chi connectivity index (χ2v) is 7.96. The minimum absolute atomic E-state index is 0.161. The predicted octanol–water partition coefficient (Wildman–Crippen LogP) is 3.35. The van der Waals surface area contributed by atoms with Crippen molar-refractivity contribution in [3.05, 3.63) is 64.1 Å². The summed E-state index contributed by atoms with van der Waals surface area (Å²) in [5.74, 6) is -0.241. The molecule has 0 amide bonds. The molecule has 0 saturated carbocycles. The molecule has 2 aromatic rings. The third kappa shape index (κ3) is 5.70. The normalized spacial score (nSPS) is 12.8. The van der Waals surface area contributed by atoms with E-state index in [4.69, 9.17) is 27.9 Å². The Morgan fingerprint density at radius 2 is 1.61 bits per heavy atom. The van der Waals surface area contributed by atoms with E-state index in [1.54, 1.807) is 48.5 Å². The first kappa shape index (κ1) is 18.1. The van der Waals surface area contributed by atoms with Crippen LogP contribution in [0.15, 0.2) is 48.5 Å². The summed E-state index contributed by atoms with van der Waals surface area (Å²) in [4.78, 5) is 0. The molecule has 0 spiro atoms. The van der Waals surface area contributed by atoms with Gasteiger partial charge in [-0.1, -0.05) is 53.5 Å². The molecule has 0 heterocycles. The molecule has 0 unspecified atom stereocenters. The summed E-state index contributed by atoms with van der Waals surface area (Å²) in [6.07, 6.45) is -1.15. The van der Waals surface area contributed by atoms with Gasteiger partial charge in [-0.15, -0.1) is 0 Å². The summed E-state index contributed by atoms with van der Waals surface area (Å²) in [7, 11) is -3.52. The quantitative estimate of drug-likeness (QED) is 0.806. The molecule has 4 nitrogen and oxygen atoms in total. The summed E-state index contributed by atoms with van der Waals surface area (Å²) in [6.45, 7) is -0.161. The number of rotatable bonds is 7. The van der Waals surface area contributed by atoms with Gasteiger partial charge in [-0.3, -0.25) is 0 Å². The second kappa shape index (κ2) is 8.02. The summed E-state index contributed by atoms with van der Waals surface area (Å²) >= 11 is 11.9. The van der Waals surface area contributed by atoms with Gasteiger partial charge in [0.2, 0.25) is 0 Å². The average molecular weight is 375 g/mol. The van der Waals surface area contributed by atoms with E-state index in [1.165, 1.54) is 0 Å². The largest absolute Gasteiger partial charge is 0.489 e. The molecule has 0 bridgehead atoms. The van der Waals surface area contributed by atoms with Crippen molar-refractivity contribution in [1.82, 2.24) is 0 Å². The number of benzene rings is 2. The first-order chi connectivity index (χ1) is 10.9. The Kier molecular flexibility index (Phi) is 6.30. The third-order valence-electron chi connectivity index (χ3n) is 3.05. The molecular weight excluding hydrogens is 359 g/mol. The number of halogens is 2. The third-order valence-corrected chi connectivity index (χ3v) is 5.37. The van der Waals surface area contributed by atoms with Gasteiger partial charge >= 0.3 is 0 Å². The van der Waals surface area contributed by atoms with Crippen LogP contribution < -0.4 is 4.74 Å². The molecule has 2 aromatic carbocycles. The Balaban J connectivity index is 1.92. The number of sulfone groups is 1. The summed E-state index contributed by atoms with van der Waals surface area (Å²) in [6, 6.07) is 13.5. The van der Waals surface area contributed by atoms with Crippen molar-refractivity contribution in [3.8, 4) is 5.75 Å². The number of aliphatic hydroxyl groups excluding tert-OH is 1. The second-order valence-electron chi connectivity index (χ2n) is 5.04. The van der Waals surface area contributed by atoms with Crippen LogP contribution in [-0.4, -0.2) is 32.0 Å². The highest BCUT2D eigenvalue weighted by Crippen LogP contribution is 2.23. The zero-order chi connectivity index (χ0) is 16.9. The van der Waals surface area contributed by atoms with Crippen LogP contribution in [0.5, 0.6) is 5.75 Å². The van der Waals surface area contributed by atoms with Crippen molar-refractivity contribution in [3.63, 3.8) is 0 Å². The van der Waals surface area contributed by atoms with E-state index in [0.717, 1.165) is 0 Å². The molecule has 0 aliphatic rings. The predicted molar refractivity (Wildman–Crippen MR) is 91.9 cm³/mol. The Hall–Kier alpha value is -1.27. The topological polar surface area (TPSA) is 63.6 Å². The van der Waals surface area contributed by atoms with Crippen LogP contribution in [0.1, 0.15) is 5.56 Å². The van der Waals surface area contributed by atoms with Crippen molar-refractivity contribution >= 4 is 33.0 Å². The molecular formula is C16H16Cl2O4S. The Labute approximate surface area is 145 Å². The van der Waals surface area contributed by atoms with Crippen LogP contribution in [0.4, 0.5) is 0 Å². The molecule has 0 radical (unpaired) electrons. The molecule has 124 valence electrons. The number of hydrogen-bond acceptors (Lipinski definition) is 4. The Morgan fingerprint density at radius 3 is 2.26 bits per heavy atom. The zero-order valence-electron chi connectivity index (χ0n) is 12.2. The van der Waals surface area contributed by atoms with Gasteiger partial charge in [0.25, 0.3) is 0 Å². The van der Waals surface area contributed by atoms with E-state index in [-0.39, 0.29) is 12.4 Å². The molecule has 1 N–H and O–H groups in total. The average Bonchev–Trinajstić information content (AvgIpc) is 2.48. The van der Waals surface area contributed by atoms with E-state index < -0.39 is 21.7 Å². The Morgan fingerprint density at radius 1 is 1.00 bits per heavy atom. The minimum atomic E-state index is -3.52. The molecule has 0 aliphatic carbocycles. The Bertz CT molecular complexity index is 762. The molecule has 1 atom stereocenters. The highest BCUT2D eigenvalue weighted by molar-refractivity contribution is 7.90. The van der Waals surface area contributed by atoms with Gasteiger partial charge in [0.1, 0.15) is 18.5 Å². The monoisotopic (exact) mass is 374 g/mol. The van der Waals surface area contributed by atoms with Gasteiger partial charge < -0.3 is 9.84 Å². The van der Waals surface area contributed by atoms with Gasteiger partial charge in [-0.2, -0.15) is 0 Å². The summed E-state index contributed by atoms with van der Waals surface area (Å²) < 4.78 is 29.6. The number of ether oxygens (including phenoxy) is 1. The van der Waals surface area contributed by atoms with Gasteiger partial charge in [-0.25, -0.2) is 8.42 Å². The van der Waals surface area contributed by atoms with E-state index >= 15 is 0 Å². The minimum Gasteiger partial charge on any atom is -0.489 e. The first-order valence-corrected chi connectivity index (χ1v) is 9.44.